The fourth-order valence-electron chi connectivity index (χ4n) is 4.21. The number of hydrogen-bond acceptors (Lipinski definition) is 5. The summed E-state index contributed by atoms with van der Waals surface area (Å²) in [7, 11) is 0. The number of fused-ring (bicyclic) bond motifs is 1. The van der Waals surface area contributed by atoms with Crippen LogP contribution in [0.3, 0.4) is 0 Å². The van der Waals surface area contributed by atoms with Gasteiger partial charge >= 0.3 is 0 Å². The van der Waals surface area contributed by atoms with Crippen LogP contribution in [-0.2, 0) is 6.42 Å². The molecule has 3 aromatic rings. The lowest BCUT2D eigenvalue weighted by Crippen LogP contribution is -2.50. The molecular weight excluding hydrogens is 420 g/mol. The van der Waals surface area contributed by atoms with Crippen LogP contribution in [0.15, 0.2) is 24.3 Å². The van der Waals surface area contributed by atoms with E-state index in [-0.39, 0.29) is 11.8 Å². The quantitative estimate of drug-likeness (QED) is 0.583. The van der Waals surface area contributed by atoms with Gasteiger partial charge in [0.1, 0.15) is 10.7 Å². The first-order valence-corrected chi connectivity index (χ1v) is 12.1. The van der Waals surface area contributed by atoms with E-state index in [0.717, 1.165) is 38.6 Å². The number of hydrogen-bond donors (Lipinski definition) is 0. The highest BCUT2D eigenvalue weighted by Crippen LogP contribution is 2.32. The number of carbonyl (C=O) groups excluding carboxylic acids is 2. The first kappa shape index (κ1) is 22.4. The van der Waals surface area contributed by atoms with Crippen LogP contribution >= 0.6 is 11.3 Å². The van der Waals surface area contributed by atoms with E-state index in [2.05, 4.69) is 23.8 Å². The first-order chi connectivity index (χ1) is 15.3. The topological polar surface area (TPSA) is 66.4 Å². The number of nitrogens with zero attached hydrogens (tertiary/aromatic N) is 4. The summed E-state index contributed by atoms with van der Waals surface area (Å²) < 4.78 is 0. The van der Waals surface area contributed by atoms with Gasteiger partial charge in [-0.05, 0) is 43.0 Å². The van der Waals surface area contributed by atoms with Gasteiger partial charge in [-0.2, -0.15) is 0 Å². The van der Waals surface area contributed by atoms with E-state index in [1.165, 1.54) is 16.9 Å². The molecule has 168 valence electrons. The lowest BCUT2D eigenvalue weighted by molar-refractivity contribution is 0.0537. The second-order valence-electron chi connectivity index (χ2n) is 8.68. The van der Waals surface area contributed by atoms with Crippen LogP contribution in [0.2, 0.25) is 0 Å². The minimum absolute atomic E-state index is 0.0244. The standard InChI is InChI=1S/C25H30N4O2S/c1-6-20-26-17(5)21-16(4)22(32-23(21)27-20)25(31)29-13-11-28(12-14-29)24(30)19-9-7-18(8-10-19)15(2)3/h7-10,15H,6,11-14H2,1-5H3. The molecule has 32 heavy (non-hydrogen) atoms. The van der Waals surface area contributed by atoms with Crippen LogP contribution in [0.5, 0.6) is 0 Å². The van der Waals surface area contributed by atoms with Gasteiger partial charge in [-0.25, -0.2) is 9.97 Å². The molecule has 7 heteroatoms. The van der Waals surface area contributed by atoms with Crippen molar-refractivity contribution in [1.82, 2.24) is 19.8 Å². The van der Waals surface area contributed by atoms with E-state index in [9.17, 15) is 9.59 Å². The minimum Gasteiger partial charge on any atom is -0.335 e. The maximum Gasteiger partial charge on any atom is 0.264 e. The van der Waals surface area contributed by atoms with Crippen LogP contribution < -0.4 is 0 Å². The molecule has 0 saturated carbocycles. The molecule has 6 nitrogen and oxygen atoms in total. The lowest BCUT2D eigenvalue weighted by atomic mass is 10.0. The van der Waals surface area contributed by atoms with Gasteiger partial charge in [0.2, 0.25) is 0 Å². The zero-order valence-electron chi connectivity index (χ0n) is 19.4. The summed E-state index contributed by atoms with van der Waals surface area (Å²) in [5.74, 6) is 1.30. The molecule has 0 spiro atoms. The summed E-state index contributed by atoms with van der Waals surface area (Å²) in [5, 5.41) is 0.995. The van der Waals surface area contributed by atoms with E-state index in [4.69, 9.17) is 0 Å². The Morgan fingerprint density at radius 3 is 2.12 bits per heavy atom. The van der Waals surface area contributed by atoms with Crippen molar-refractivity contribution in [3.63, 3.8) is 0 Å². The Hall–Kier alpha value is -2.80. The normalized spacial score (nSPS) is 14.4. The van der Waals surface area contributed by atoms with Crippen LogP contribution in [0.1, 0.15) is 69.4 Å². The number of piperazine rings is 1. The number of carbonyl (C=O) groups is 2. The Balaban J connectivity index is 1.46. The summed E-state index contributed by atoms with van der Waals surface area (Å²) in [6.45, 7) is 12.4. The van der Waals surface area contributed by atoms with Gasteiger partial charge in [-0.1, -0.05) is 32.9 Å². The van der Waals surface area contributed by atoms with Gasteiger partial charge < -0.3 is 9.80 Å². The van der Waals surface area contributed by atoms with Crippen LogP contribution in [0, 0.1) is 13.8 Å². The molecule has 3 heterocycles. The molecule has 0 unspecified atom stereocenters. The van der Waals surface area contributed by atoms with Crippen LogP contribution in [0.25, 0.3) is 10.2 Å². The average Bonchev–Trinajstić information content (AvgIpc) is 3.14. The molecule has 1 saturated heterocycles. The van der Waals surface area contributed by atoms with Crippen molar-refractivity contribution < 1.29 is 9.59 Å². The van der Waals surface area contributed by atoms with E-state index in [1.54, 1.807) is 0 Å². The summed E-state index contributed by atoms with van der Waals surface area (Å²) in [4.78, 5) is 40.7. The Labute approximate surface area is 193 Å². The molecule has 0 atom stereocenters. The average molecular weight is 451 g/mol. The van der Waals surface area contributed by atoms with Crippen LogP contribution in [-0.4, -0.2) is 57.8 Å². The minimum atomic E-state index is 0.0244. The number of amides is 2. The monoisotopic (exact) mass is 450 g/mol. The largest absolute Gasteiger partial charge is 0.335 e. The summed E-state index contributed by atoms with van der Waals surface area (Å²) >= 11 is 1.45. The Bertz CT molecular complexity index is 1160. The Morgan fingerprint density at radius 1 is 0.969 bits per heavy atom. The van der Waals surface area contributed by atoms with Crippen molar-refractivity contribution >= 4 is 33.4 Å². The predicted octanol–water partition coefficient (Wildman–Crippen LogP) is 4.59. The molecule has 2 aromatic heterocycles. The van der Waals surface area contributed by atoms with E-state index < -0.39 is 0 Å². The third-order valence-electron chi connectivity index (χ3n) is 6.21. The second kappa shape index (κ2) is 8.98. The van der Waals surface area contributed by atoms with Crippen molar-refractivity contribution in [2.45, 2.75) is 47.0 Å². The highest BCUT2D eigenvalue weighted by Gasteiger charge is 2.28. The van der Waals surface area contributed by atoms with Crippen molar-refractivity contribution in [3.8, 4) is 0 Å². The highest BCUT2D eigenvalue weighted by atomic mass is 32.1. The summed E-state index contributed by atoms with van der Waals surface area (Å²) in [5.41, 5.74) is 3.81. The Morgan fingerprint density at radius 2 is 1.56 bits per heavy atom. The fourth-order valence-corrected chi connectivity index (χ4v) is 5.43. The molecule has 0 radical (unpaired) electrons. The number of aromatic nitrogens is 2. The van der Waals surface area contributed by atoms with Gasteiger partial charge in [0, 0.05) is 49.2 Å². The smallest absolute Gasteiger partial charge is 0.264 e. The van der Waals surface area contributed by atoms with Crippen LogP contribution in [0.4, 0.5) is 0 Å². The molecular formula is C25H30N4O2S. The molecule has 0 aliphatic carbocycles. The molecule has 1 aliphatic rings. The van der Waals surface area contributed by atoms with E-state index in [1.807, 2.05) is 54.8 Å². The number of rotatable bonds is 4. The predicted molar refractivity (Wildman–Crippen MR) is 129 cm³/mol. The number of benzene rings is 1. The van der Waals surface area contributed by atoms with Gasteiger partial charge in [-0.15, -0.1) is 11.3 Å². The Kier molecular flexibility index (Phi) is 6.29. The van der Waals surface area contributed by atoms with Crippen molar-refractivity contribution in [2.75, 3.05) is 26.2 Å². The van der Waals surface area contributed by atoms with Gasteiger partial charge in [0.15, 0.2) is 0 Å². The lowest BCUT2D eigenvalue weighted by Gasteiger charge is -2.34. The van der Waals surface area contributed by atoms with Gasteiger partial charge in [0.25, 0.3) is 11.8 Å². The molecule has 4 rings (SSSR count). The van der Waals surface area contributed by atoms with Crippen molar-refractivity contribution in [3.05, 3.63) is 57.4 Å². The molecule has 2 amide bonds. The number of thiophene rings is 1. The fraction of sp³-hybridized carbons (Fsp3) is 0.440. The summed E-state index contributed by atoms with van der Waals surface area (Å²) in [6, 6.07) is 7.86. The van der Waals surface area contributed by atoms with E-state index in [0.29, 0.717) is 37.7 Å². The van der Waals surface area contributed by atoms with E-state index >= 15 is 0 Å². The zero-order chi connectivity index (χ0) is 23.0. The molecule has 0 bridgehead atoms. The zero-order valence-corrected chi connectivity index (χ0v) is 20.3. The van der Waals surface area contributed by atoms with Crippen molar-refractivity contribution in [1.29, 1.82) is 0 Å². The second-order valence-corrected chi connectivity index (χ2v) is 9.68. The summed E-state index contributed by atoms with van der Waals surface area (Å²) in [6.07, 6.45) is 0.771. The molecule has 1 aromatic carbocycles. The molecule has 1 aliphatic heterocycles. The van der Waals surface area contributed by atoms with Gasteiger partial charge in [-0.3, -0.25) is 9.59 Å². The third-order valence-corrected chi connectivity index (χ3v) is 7.38. The SMILES string of the molecule is CCc1nc(C)c2c(C)c(C(=O)N3CCN(C(=O)c4ccc(C(C)C)cc4)CC3)sc2n1. The van der Waals surface area contributed by atoms with Gasteiger partial charge in [0.05, 0.1) is 4.88 Å². The maximum absolute atomic E-state index is 13.3. The maximum atomic E-state index is 13.3. The number of aryl methyl sites for hydroxylation is 3. The highest BCUT2D eigenvalue weighted by molar-refractivity contribution is 7.20. The van der Waals surface area contributed by atoms with Crippen molar-refractivity contribution in [2.24, 2.45) is 0 Å². The molecule has 0 N–H and O–H groups in total. The molecule has 1 fully saturated rings. The first-order valence-electron chi connectivity index (χ1n) is 11.2. The third kappa shape index (κ3) is 4.13.